The van der Waals surface area contributed by atoms with Crippen LogP contribution in [0.15, 0.2) is 79.3 Å². The molecule has 4 aromatic rings. The summed E-state index contributed by atoms with van der Waals surface area (Å²) >= 11 is 0. The lowest BCUT2D eigenvalue weighted by Crippen LogP contribution is -2.26. The van der Waals surface area contributed by atoms with Crippen LogP contribution in [0, 0.1) is 5.82 Å². The standard InChI is InChI=1S/C23H20FN3O2/c1-2-29-23(28)27(20-9-12-25-13-10-20)21-8-5-18-11-14-26(22(18)15-21)16-17-3-6-19(24)7-4-17/h3-15H,2,16H2,1H3. The van der Waals surface area contributed by atoms with Crippen LogP contribution in [-0.4, -0.2) is 22.3 Å². The van der Waals surface area contributed by atoms with Crippen molar-refractivity contribution in [3.05, 3.63) is 90.6 Å². The molecule has 0 unspecified atom stereocenters. The Morgan fingerprint density at radius 2 is 1.79 bits per heavy atom. The molecule has 0 aliphatic rings. The minimum absolute atomic E-state index is 0.254. The number of anilines is 2. The van der Waals surface area contributed by atoms with Crippen LogP contribution in [0.5, 0.6) is 0 Å². The smallest absolute Gasteiger partial charge is 0.418 e. The number of rotatable bonds is 5. The molecule has 0 spiro atoms. The lowest BCUT2D eigenvalue weighted by atomic mass is 10.2. The van der Waals surface area contributed by atoms with Crippen molar-refractivity contribution >= 4 is 28.4 Å². The first-order valence-electron chi connectivity index (χ1n) is 9.36. The minimum Gasteiger partial charge on any atom is -0.449 e. The Bertz CT molecular complexity index is 1120. The highest BCUT2D eigenvalue weighted by atomic mass is 19.1. The van der Waals surface area contributed by atoms with Crippen molar-refractivity contribution < 1.29 is 13.9 Å². The Labute approximate surface area is 168 Å². The summed E-state index contributed by atoms with van der Waals surface area (Å²) in [7, 11) is 0. The van der Waals surface area contributed by atoms with Gasteiger partial charge in [-0.25, -0.2) is 14.1 Å². The van der Waals surface area contributed by atoms with Gasteiger partial charge in [0.2, 0.25) is 0 Å². The zero-order chi connectivity index (χ0) is 20.2. The predicted octanol–water partition coefficient (Wildman–Crippen LogP) is 5.52. The topological polar surface area (TPSA) is 47.4 Å². The molecule has 0 N–H and O–H groups in total. The molecular weight excluding hydrogens is 369 g/mol. The molecule has 0 aliphatic heterocycles. The largest absolute Gasteiger partial charge is 0.449 e. The molecule has 5 nitrogen and oxygen atoms in total. The summed E-state index contributed by atoms with van der Waals surface area (Å²) in [4.78, 5) is 18.2. The van der Waals surface area contributed by atoms with E-state index in [1.54, 1.807) is 43.6 Å². The predicted molar refractivity (Wildman–Crippen MR) is 111 cm³/mol. The first-order chi connectivity index (χ1) is 14.2. The van der Waals surface area contributed by atoms with Gasteiger partial charge in [-0.15, -0.1) is 0 Å². The molecule has 0 fully saturated rings. The van der Waals surface area contributed by atoms with E-state index in [0.29, 0.717) is 17.9 Å². The number of aromatic nitrogens is 2. The maximum absolute atomic E-state index is 13.2. The number of pyridine rings is 1. The summed E-state index contributed by atoms with van der Waals surface area (Å²) < 4.78 is 20.5. The number of hydrogen-bond donors (Lipinski definition) is 0. The zero-order valence-electron chi connectivity index (χ0n) is 16.0. The van der Waals surface area contributed by atoms with E-state index < -0.39 is 6.09 Å². The van der Waals surface area contributed by atoms with E-state index >= 15 is 0 Å². The lowest BCUT2D eigenvalue weighted by Gasteiger charge is -2.22. The number of fused-ring (bicyclic) bond motifs is 1. The maximum Gasteiger partial charge on any atom is 0.418 e. The first kappa shape index (κ1) is 18.7. The number of ether oxygens (including phenoxy) is 1. The van der Waals surface area contributed by atoms with Crippen LogP contribution in [0.2, 0.25) is 0 Å². The highest BCUT2D eigenvalue weighted by Gasteiger charge is 2.20. The average molecular weight is 389 g/mol. The summed E-state index contributed by atoms with van der Waals surface area (Å²) in [6, 6.07) is 17.8. The van der Waals surface area contributed by atoms with Crippen molar-refractivity contribution in [3.8, 4) is 0 Å². The third-order valence-electron chi connectivity index (χ3n) is 4.65. The van der Waals surface area contributed by atoms with Gasteiger partial charge in [0, 0.05) is 25.1 Å². The lowest BCUT2D eigenvalue weighted by molar-refractivity contribution is 0.162. The Morgan fingerprint density at radius 1 is 1.03 bits per heavy atom. The van der Waals surface area contributed by atoms with Crippen molar-refractivity contribution in [2.75, 3.05) is 11.5 Å². The van der Waals surface area contributed by atoms with Gasteiger partial charge in [0.25, 0.3) is 0 Å². The molecule has 0 aliphatic carbocycles. The fourth-order valence-corrected chi connectivity index (χ4v) is 3.28. The molecular formula is C23H20FN3O2. The van der Waals surface area contributed by atoms with Gasteiger partial charge in [-0.1, -0.05) is 18.2 Å². The molecule has 0 radical (unpaired) electrons. The van der Waals surface area contributed by atoms with Crippen molar-refractivity contribution in [2.24, 2.45) is 0 Å². The molecule has 146 valence electrons. The molecule has 29 heavy (non-hydrogen) atoms. The molecule has 2 heterocycles. The minimum atomic E-state index is -0.449. The molecule has 2 aromatic heterocycles. The summed E-state index contributed by atoms with van der Waals surface area (Å²) in [6.45, 7) is 2.66. The van der Waals surface area contributed by atoms with Gasteiger partial charge >= 0.3 is 6.09 Å². The van der Waals surface area contributed by atoms with Gasteiger partial charge < -0.3 is 9.30 Å². The molecule has 1 amide bonds. The Kier molecular flexibility index (Phi) is 5.24. The average Bonchev–Trinajstić information content (AvgIpc) is 3.13. The van der Waals surface area contributed by atoms with Gasteiger partial charge in [0.1, 0.15) is 5.82 Å². The van der Waals surface area contributed by atoms with E-state index in [1.807, 2.05) is 30.5 Å². The second kappa shape index (κ2) is 8.14. The first-order valence-corrected chi connectivity index (χ1v) is 9.36. The van der Waals surface area contributed by atoms with Gasteiger partial charge in [0.05, 0.1) is 23.5 Å². The van der Waals surface area contributed by atoms with Gasteiger partial charge in [-0.05, 0) is 60.3 Å². The number of halogens is 1. The second-order valence-electron chi connectivity index (χ2n) is 6.55. The second-order valence-corrected chi connectivity index (χ2v) is 6.55. The SMILES string of the molecule is CCOC(=O)N(c1ccncc1)c1ccc2ccn(Cc3ccc(F)cc3)c2c1. The van der Waals surface area contributed by atoms with E-state index in [0.717, 1.165) is 16.5 Å². The molecule has 0 bridgehead atoms. The van der Waals surface area contributed by atoms with Crippen molar-refractivity contribution in [1.29, 1.82) is 0 Å². The van der Waals surface area contributed by atoms with Crippen LogP contribution in [0.1, 0.15) is 12.5 Å². The van der Waals surface area contributed by atoms with Gasteiger partial charge in [-0.3, -0.25) is 4.98 Å². The van der Waals surface area contributed by atoms with Crippen LogP contribution in [0.4, 0.5) is 20.6 Å². The van der Waals surface area contributed by atoms with Crippen LogP contribution < -0.4 is 4.90 Å². The van der Waals surface area contributed by atoms with Crippen molar-refractivity contribution in [2.45, 2.75) is 13.5 Å². The van der Waals surface area contributed by atoms with Crippen molar-refractivity contribution in [1.82, 2.24) is 9.55 Å². The summed E-state index contributed by atoms with van der Waals surface area (Å²) in [6.07, 6.45) is 4.81. The summed E-state index contributed by atoms with van der Waals surface area (Å²) in [5, 5.41) is 1.05. The third-order valence-corrected chi connectivity index (χ3v) is 4.65. The third kappa shape index (κ3) is 3.96. The highest BCUT2D eigenvalue weighted by Crippen LogP contribution is 2.30. The highest BCUT2D eigenvalue weighted by molar-refractivity contribution is 5.98. The van der Waals surface area contributed by atoms with E-state index in [9.17, 15) is 9.18 Å². The van der Waals surface area contributed by atoms with Crippen LogP contribution in [0.3, 0.4) is 0 Å². The summed E-state index contributed by atoms with van der Waals surface area (Å²) in [5.41, 5.74) is 3.33. The summed E-state index contributed by atoms with van der Waals surface area (Å²) in [5.74, 6) is -0.254. The van der Waals surface area contributed by atoms with E-state index in [2.05, 4.69) is 9.55 Å². The molecule has 4 rings (SSSR count). The van der Waals surface area contributed by atoms with Crippen molar-refractivity contribution in [3.63, 3.8) is 0 Å². The van der Waals surface area contributed by atoms with Gasteiger partial charge in [0.15, 0.2) is 0 Å². The quantitative estimate of drug-likeness (QED) is 0.452. The monoisotopic (exact) mass is 389 g/mol. The van der Waals surface area contributed by atoms with Crippen LogP contribution in [-0.2, 0) is 11.3 Å². The molecule has 6 heteroatoms. The number of carbonyl (C=O) groups is 1. The Balaban J connectivity index is 1.74. The van der Waals surface area contributed by atoms with E-state index in [-0.39, 0.29) is 12.4 Å². The van der Waals surface area contributed by atoms with E-state index in [4.69, 9.17) is 4.74 Å². The number of hydrogen-bond acceptors (Lipinski definition) is 3. The molecule has 0 atom stereocenters. The number of carbonyl (C=O) groups excluding carboxylic acids is 1. The fraction of sp³-hybridized carbons (Fsp3) is 0.130. The molecule has 2 aromatic carbocycles. The number of amides is 1. The van der Waals surface area contributed by atoms with Crippen LogP contribution >= 0.6 is 0 Å². The molecule has 0 saturated heterocycles. The molecule has 0 saturated carbocycles. The zero-order valence-corrected chi connectivity index (χ0v) is 16.0. The number of nitrogens with zero attached hydrogens (tertiary/aromatic N) is 3. The Hall–Kier alpha value is -3.67. The Morgan fingerprint density at radius 3 is 2.52 bits per heavy atom. The number of benzene rings is 2. The maximum atomic E-state index is 13.2. The fourth-order valence-electron chi connectivity index (χ4n) is 3.28. The van der Waals surface area contributed by atoms with Gasteiger partial charge in [-0.2, -0.15) is 0 Å². The van der Waals surface area contributed by atoms with E-state index in [1.165, 1.54) is 17.0 Å². The normalized spacial score (nSPS) is 10.8. The van der Waals surface area contributed by atoms with Crippen LogP contribution in [0.25, 0.3) is 10.9 Å².